The lowest BCUT2D eigenvalue weighted by Gasteiger charge is -2.25. The molecule has 0 radical (unpaired) electrons. The number of carbonyl (C=O) groups excluding carboxylic acids is 1. The molecule has 2 aliphatic rings. The minimum Gasteiger partial charge on any atom is -0.373 e. The van der Waals surface area contributed by atoms with Gasteiger partial charge in [-0.05, 0) is 25.7 Å². The predicted molar refractivity (Wildman–Crippen MR) is 98.9 cm³/mol. The third kappa shape index (κ3) is 4.70. The fraction of sp³-hybridized carbons (Fsp3) is 0.733. The predicted octanol–water partition coefficient (Wildman–Crippen LogP) is 2.24. The Morgan fingerprint density at radius 2 is 2.17 bits per heavy atom. The first-order chi connectivity index (χ1) is 10.7. The molecule has 23 heavy (non-hydrogen) atoms. The Kier molecular flexibility index (Phi) is 6.13. The van der Waals surface area contributed by atoms with E-state index in [-0.39, 0.29) is 23.5 Å². The van der Waals surface area contributed by atoms with Crippen LogP contribution in [-0.4, -0.2) is 59.1 Å². The molecular weight excluding hydrogens is 352 g/mol. The van der Waals surface area contributed by atoms with E-state index >= 15 is 0 Å². The number of amides is 1. The molecule has 0 spiro atoms. The van der Waals surface area contributed by atoms with E-state index in [9.17, 15) is 13.2 Å². The molecule has 5 nitrogen and oxygen atoms in total. The molecule has 0 aromatic heterocycles. The number of thiocarbonyl (C=S) groups is 1. The fourth-order valence-electron chi connectivity index (χ4n) is 2.71. The van der Waals surface area contributed by atoms with Gasteiger partial charge < -0.3 is 4.90 Å². The summed E-state index contributed by atoms with van der Waals surface area (Å²) >= 11 is 6.63. The Morgan fingerprint density at radius 1 is 1.48 bits per heavy atom. The summed E-state index contributed by atoms with van der Waals surface area (Å²) in [7, 11) is -2.94. The minimum atomic E-state index is -2.94. The summed E-state index contributed by atoms with van der Waals surface area (Å²) in [5.41, 5.74) is 0. The molecule has 2 rings (SSSR count). The van der Waals surface area contributed by atoms with Crippen LogP contribution in [0.5, 0.6) is 0 Å². The van der Waals surface area contributed by atoms with E-state index in [1.807, 2.05) is 11.8 Å². The molecule has 2 aliphatic heterocycles. The van der Waals surface area contributed by atoms with Crippen molar-refractivity contribution < 1.29 is 13.2 Å². The average Bonchev–Trinajstić information content (AvgIpc) is 2.94. The maximum atomic E-state index is 12.5. The zero-order valence-corrected chi connectivity index (χ0v) is 16.3. The first-order valence-electron chi connectivity index (χ1n) is 7.95. The van der Waals surface area contributed by atoms with Gasteiger partial charge in [0.15, 0.2) is 9.84 Å². The topological polar surface area (TPSA) is 57.7 Å². The lowest BCUT2D eigenvalue weighted by atomic mass is 10.1. The Bertz CT molecular complexity index is 613. The van der Waals surface area contributed by atoms with Crippen LogP contribution >= 0.6 is 24.0 Å². The van der Waals surface area contributed by atoms with Crippen LogP contribution in [-0.2, 0) is 14.6 Å². The first-order valence-corrected chi connectivity index (χ1v) is 11.0. The maximum Gasteiger partial charge on any atom is 0.267 e. The molecule has 0 aromatic carbocycles. The van der Waals surface area contributed by atoms with Gasteiger partial charge in [0.05, 0.1) is 16.4 Å². The second-order valence-electron chi connectivity index (χ2n) is 6.39. The monoisotopic (exact) mass is 376 g/mol. The van der Waals surface area contributed by atoms with Gasteiger partial charge in [0.25, 0.3) is 5.91 Å². The van der Waals surface area contributed by atoms with Crippen LogP contribution in [0.15, 0.2) is 11.1 Å². The molecule has 0 aromatic rings. The van der Waals surface area contributed by atoms with E-state index in [2.05, 4.69) is 13.8 Å². The van der Waals surface area contributed by atoms with Crippen molar-refractivity contribution in [3.05, 3.63) is 11.1 Å². The molecule has 8 heteroatoms. The molecule has 0 aliphatic carbocycles. The lowest BCUT2D eigenvalue weighted by Crippen LogP contribution is -2.33. The summed E-state index contributed by atoms with van der Waals surface area (Å²) in [5, 5.41) is 0. The van der Waals surface area contributed by atoms with E-state index in [1.54, 1.807) is 11.1 Å². The molecule has 0 bridgehead atoms. The van der Waals surface area contributed by atoms with Gasteiger partial charge in [-0.2, -0.15) is 0 Å². The van der Waals surface area contributed by atoms with Gasteiger partial charge in [-0.25, -0.2) is 8.42 Å². The van der Waals surface area contributed by atoms with Crippen LogP contribution in [0.4, 0.5) is 0 Å². The summed E-state index contributed by atoms with van der Waals surface area (Å²) in [6, 6.07) is -0.0378. The number of sulfone groups is 1. The molecule has 0 N–H and O–H groups in total. The van der Waals surface area contributed by atoms with Crippen LogP contribution in [0.1, 0.15) is 33.6 Å². The lowest BCUT2D eigenvalue weighted by molar-refractivity contribution is -0.122. The highest BCUT2D eigenvalue weighted by molar-refractivity contribution is 8.26. The molecule has 2 heterocycles. The summed E-state index contributed by atoms with van der Waals surface area (Å²) in [6.45, 7) is 7.53. The highest BCUT2D eigenvalue weighted by atomic mass is 32.2. The molecule has 1 atom stereocenters. The van der Waals surface area contributed by atoms with Crippen LogP contribution in [0.25, 0.3) is 0 Å². The zero-order valence-electron chi connectivity index (χ0n) is 13.8. The number of thioether (sulfide) groups is 1. The quantitative estimate of drug-likeness (QED) is 0.523. The summed E-state index contributed by atoms with van der Waals surface area (Å²) in [6.07, 6.45) is 3.35. The van der Waals surface area contributed by atoms with E-state index in [1.165, 1.54) is 11.8 Å². The van der Waals surface area contributed by atoms with Crippen LogP contribution < -0.4 is 0 Å². The van der Waals surface area contributed by atoms with Crippen molar-refractivity contribution in [2.45, 2.75) is 39.7 Å². The Morgan fingerprint density at radius 3 is 2.70 bits per heavy atom. The van der Waals surface area contributed by atoms with Crippen LogP contribution in [0.3, 0.4) is 0 Å². The molecule has 130 valence electrons. The zero-order chi connectivity index (χ0) is 17.2. The molecule has 0 unspecified atom stereocenters. The number of carbonyl (C=O) groups is 1. The molecular formula is C15H24N2O3S3. The van der Waals surface area contributed by atoms with Gasteiger partial charge in [-0.1, -0.05) is 37.8 Å². The Labute approximate surface area is 148 Å². The van der Waals surface area contributed by atoms with Crippen LogP contribution in [0, 0.1) is 5.92 Å². The summed E-state index contributed by atoms with van der Waals surface area (Å²) < 4.78 is 23.9. The molecule has 0 saturated carbocycles. The van der Waals surface area contributed by atoms with Gasteiger partial charge in [0.2, 0.25) is 0 Å². The average molecular weight is 377 g/mol. The largest absolute Gasteiger partial charge is 0.373 e. The number of nitrogens with zero attached hydrogens (tertiary/aromatic N) is 2. The third-order valence-corrected chi connectivity index (χ3v) is 7.24. The van der Waals surface area contributed by atoms with E-state index in [0.717, 1.165) is 6.42 Å². The normalized spacial score (nSPS) is 25.8. The van der Waals surface area contributed by atoms with Crippen molar-refractivity contribution in [1.29, 1.82) is 0 Å². The van der Waals surface area contributed by atoms with Crippen molar-refractivity contribution in [2.75, 3.05) is 24.6 Å². The highest BCUT2D eigenvalue weighted by Gasteiger charge is 2.35. The van der Waals surface area contributed by atoms with Gasteiger partial charge in [-0.15, -0.1) is 0 Å². The smallest absolute Gasteiger partial charge is 0.267 e. The standard InChI is InChI=1S/C15H24N2O3S3/c1-4-16(12-6-8-23(19,20)10-12)9-13-14(18)17(15(21)22-13)7-5-11(2)3/h9,11-12H,4-8,10H2,1-3H3/b13-9-/t12-/m0/s1. The molecule has 2 saturated heterocycles. The van der Waals surface area contributed by atoms with Crippen molar-refractivity contribution in [2.24, 2.45) is 5.92 Å². The molecule has 2 fully saturated rings. The van der Waals surface area contributed by atoms with Gasteiger partial charge >= 0.3 is 0 Å². The van der Waals surface area contributed by atoms with Crippen LogP contribution in [0.2, 0.25) is 0 Å². The number of rotatable bonds is 6. The second-order valence-corrected chi connectivity index (χ2v) is 10.3. The third-order valence-electron chi connectivity index (χ3n) is 4.13. The van der Waals surface area contributed by atoms with E-state index < -0.39 is 9.84 Å². The van der Waals surface area contributed by atoms with E-state index in [0.29, 0.717) is 34.7 Å². The molecule has 1 amide bonds. The van der Waals surface area contributed by atoms with Crippen molar-refractivity contribution >= 4 is 44.0 Å². The Balaban J connectivity index is 2.09. The summed E-state index contributed by atoms with van der Waals surface area (Å²) in [4.78, 5) is 16.8. The van der Waals surface area contributed by atoms with Crippen molar-refractivity contribution in [1.82, 2.24) is 9.80 Å². The fourth-order valence-corrected chi connectivity index (χ4v) is 5.76. The summed E-state index contributed by atoms with van der Waals surface area (Å²) in [5.74, 6) is 0.863. The van der Waals surface area contributed by atoms with Crippen molar-refractivity contribution in [3.63, 3.8) is 0 Å². The van der Waals surface area contributed by atoms with Gasteiger partial charge in [0, 0.05) is 25.3 Å². The van der Waals surface area contributed by atoms with Gasteiger partial charge in [-0.3, -0.25) is 9.69 Å². The second kappa shape index (κ2) is 7.53. The SMILES string of the molecule is CCN(/C=C1\SC(=S)N(CCC(C)C)C1=O)[C@H]1CCS(=O)(=O)C1. The highest BCUT2D eigenvalue weighted by Crippen LogP contribution is 2.32. The maximum absolute atomic E-state index is 12.5. The van der Waals surface area contributed by atoms with Crippen molar-refractivity contribution in [3.8, 4) is 0 Å². The first kappa shape index (κ1) is 18.7. The number of hydrogen-bond acceptors (Lipinski definition) is 6. The van der Waals surface area contributed by atoms with Gasteiger partial charge in [0.1, 0.15) is 4.32 Å². The minimum absolute atomic E-state index is 0.0378. The number of hydrogen-bond donors (Lipinski definition) is 0. The van der Waals surface area contributed by atoms with E-state index in [4.69, 9.17) is 12.2 Å². The Hall–Kier alpha value is -0.600.